The number of benzene rings is 1. The molecule has 6 N–H and O–H groups in total. The van der Waals surface area contributed by atoms with Gasteiger partial charge in [0, 0.05) is 23.6 Å². The van der Waals surface area contributed by atoms with E-state index in [2.05, 4.69) is 19.9 Å². The van der Waals surface area contributed by atoms with Gasteiger partial charge in [-0.05, 0) is 12.1 Å². The first kappa shape index (κ1) is 14.4. The number of anilines is 1. The van der Waals surface area contributed by atoms with Gasteiger partial charge >= 0.3 is 0 Å². The van der Waals surface area contributed by atoms with Crippen LogP contribution >= 0.6 is 0 Å². The molecule has 2 heterocycles. The summed E-state index contributed by atoms with van der Waals surface area (Å²) in [6, 6.07) is 7.47. The summed E-state index contributed by atoms with van der Waals surface area (Å²) in [5.41, 5.74) is 8.58. The van der Waals surface area contributed by atoms with Crippen molar-refractivity contribution in [3.05, 3.63) is 42.9 Å². The van der Waals surface area contributed by atoms with Crippen LogP contribution in [0.3, 0.4) is 0 Å². The van der Waals surface area contributed by atoms with Crippen molar-refractivity contribution in [3.8, 4) is 11.4 Å². The molecule has 0 aliphatic heterocycles. The maximum Gasteiger partial charge on any atom is 0.181 e. The smallest absolute Gasteiger partial charge is 0.181 e. The van der Waals surface area contributed by atoms with Crippen molar-refractivity contribution in [1.82, 2.24) is 19.9 Å². The fourth-order valence-electron chi connectivity index (χ4n) is 1.60. The number of nitrogens with zero attached hydrogens (tertiary/aromatic N) is 4. The van der Waals surface area contributed by atoms with Crippen molar-refractivity contribution in [3.63, 3.8) is 0 Å². The second kappa shape index (κ2) is 5.80. The van der Waals surface area contributed by atoms with E-state index in [1.807, 2.05) is 24.3 Å². The highest BCUT2D eigenvalue weighted by Crippen LogP contribution is 2.22. The minimum absolute atomic E-state index is 0. The van der Waals surface area contributed by atoms with E-state index in [0.29, 0.717) is 22.7 Å². The zero-order valence-electron chi connectivity index (χ0n) is 9.91. The van der Waals surface area contributed by atoms with Crippen molar-refractivity contribution in [2.75, 3.05) is 5.73 Å². The Bertz CT molecular complexity index is 690. The quantitative estimate of drug-likeness (QED) is 0.613. The first-order valence-electron chi connectivity index (χ1n) is 5.13. The van der Waals surface area contributed by atoms with E-state index in [0.717, 1.165) is 5.56 Å². The van der Waals surface area contributed by atoms with Crippen LogP contribution in [0.4, 0.5) is 5.69 Å². The summed E-state index contributed by atoms with van der Waals surface area (Å²) in [5.74, 6) is 0.566. The van der Waals surface area contributed by atoms with Crippen LogP contribution in [0.15, 0.2) is 42.9 Å². The zero-order chi connectivity index (χ0) is 11.7. The summed E-state index contributed by atoms with van der Waals surface area (Å²) in [6.07, 6.45) is 4.87. The largest absolute Gasteiger partial charge is 0.412 e. The van der Waals surface area contributed by atoms with Crippen molar-refractivity contribution in [2.45, 2.75) is 0 Å². The normalized spacial score (nSPS) is 9.47. The van der Waals surface area contributed by atoms with Crippen molar-refractivity contribution < 1.29 is 11.0 Å². The Balaban J connectivity index is 0.000000902. The maximum atomic E-state index is 5.88. The fourth-order valence-corrected chi connectivity index (χ4v) is 1.60. The maximum absolute atomic E-state index is 5.88. The van der Waals surface area contributed by atoms with Gasteiger partial charge in [0.25, 0.3) is 0 Å². The molecule has 98 valence electrons. The van der Waals surface area contributed by atoms with E-state index >= 15 is 0 Å². The highest BCUT2D eigenvalue weighted by Gasteiger charge is 2.06. The molecular formula is C12H13N5O2. The van der Waals surface area contributed by atoms with Gasteiger partial charge in [-0.1, -0.05) is 12.1 Å². The van der Waals surface area contributed by atoms with Crippen LogP contribution in [-0.4, -0.2) is 30.9 Å². The molecule has 2 aromatic heterocycles. The number of hydrogen-bond acceptors (Lipinski definition) is 5. The molecule has 3 rings (SSSR count). The summed E-state index contributed by atoms with van der Waals surface area (Å²) in [7, 11) is 0. The molecular weight excluding hydrogens is 246 g/mol. The molecule has 0 aliphatic rings. The predicted molar refractivity (Wildman–Crippen MR) is 72.2 cm³/mol. The van der Waals surface area contributed by atoms with E-state index in [-0.39, 0.29) is 11.0 Å². The highest BCUT2D eigenvalue weighted by molar-refractivity contribution is 5.76. The van der Waals surface area contributed by atoms with Crippen LogP contribution in [0.1, 0.15) is 0 Å². The number of hydrogen-bond donors (Lipinski definition) is 1. The molecule has 0 fully saturated rings. The Labute approximate surface area is 108 Å². The average molecular weight is 259 g/mol. The number of rotatable bonds is 1. The fraction of sp³-hybridized carbons (Fsp3) is 0. The second-order valence-electron chi connectivity index (χ2n) is 3.55. The first-order chi connectivity index (χ1) is 8.34. The van der Waals surface area contributed by atoms with E-state index in [1.54, 1.807) is 18.6 Å². The van der Waals surface area contributed by atoms with Crippen LogP contribution in [0, 0.1) is 0 Å². The third kappa shape index (κ3) is 2.62. The van der Waals surface area contributed by atoms with Gasteiger partial charge in [0.1, 0.15) is 5.52 Å². The lowest BCUT2D eigenvalue weighted by molar-refractivity contribution is 0.823. The van der Waals surface area contributed by atoms with E-state index in [4.69, 9.17) is 5.73 Å². The van der Waals surface area contributed by atoms with Crippen LogP contribution in [0.25, 0.3) is 22.6 Å². The topological polar surface area (TPSA) is 141 Å². The summed E-state index contributed by atoms with van der Waals surface area (Å²) < 4.78 is 0. The third-order valence-corrected chi connectivity index (χ3v) is 2.43. The van der Waals surface area contributed by atoms with Gasteiger partial charge in [0.15, 0.2) is 11.5 Å². The molecule has 0 radical (unpaired) electrons. The molecule has 0 saturated carbocycles. The van der Waals surface area contributed by atoms with E-state index in [1.165, 1.54) is 0 Å². The van der Waals surface area contributed by atoms with Gasteiger partial charge in [0.2, 0.25) is 0 Å². The summed E-state index contributed by atoms with van der Waals surface area (Å²) in [5, 5.41) is 0. The van der Waals surface area contributed by atoms with Crippen LogP contribution in [0.2, 0.25) is 0 Å². The number of fused-ring (bicyclic) bond motifs is 1. The lowest BCUT2D eigenvalue weighted by Crippen LogP contribution is -1.96. The Morgan fingerprint density at radius 3 is 2.42 bits per heavy atom. The lowest BCUT2D eigenvalue weighted by atomic mass is 10.1. The number of para-hydroxylation sites is 1. The minimum atomic E-state index is 0. The number of nitrogens with two attached hydrogens (primary N) is 1. The standard InChI is InChI=1S/C12H9N5.2H2O/c13-9-4-2-1-3-8(9)11-16-7-10-12(17-11)15-6-5-14-10;;/h1-7H,13H2;2*1H2. The van der Waals surface area contributed by atoms with E-state index < -0.39 is 0 Å². The monoisotopic (exact) mass is 259 g/mol. The van der Waals surface area contributed by atoms with E-state index in [9.17, 15) is 0 Å². The van der Waals surface area contributed by atoms with Crippen molar-refractivity contribution in [1.29, 1.82) is 0 Å². The molecule has 0 unspecified atom stereocenters. The SMILES string of the molecule is Nc1ccccc1-c1ncc2nccnc2n1.O.O. The predicted octanol–water partition coefficient (Wildman–Crippen LogP) is 0.0196. The Hall–Kier alpha value is -2.64. The van der Waals surface area contributed by atoms with Crippen LogP contribution < -0.4 is 5.73 Å². The van der Waals surface area contributed by atoms with Gasteiger partial charge in [-0.15, -0.1) is 0 Å². The molecule has 19 heavy (non-hydrogen) atoms. The highest BCUT2D eigenvalue weighted by atomic mass is 16.0. The average Bonchev–Trinajstić information content (AvgIpc) is 2.39. The molecule has 7 nitrogen and oxygen atoms in total. The molecule has 0 bridgehead atoms. The Morgan fingerprint density at radius 1 is 0.895 bits per heavy atom. The first-order valence-corrected chi connectivity index (χ1v) is 5.13. The van der Waals surface area contributed by atoms with Crippen LogP contribution in [0.5, 0.6) is 0 Å². The Kier molecular flexibility index (Phi) is 4.41. The Morgan fingerprint density at radius 2 is 1.63 bits per heavy atom. The lowest BCUT2D eigenvalue weighted by Gasteiger charge is -2.03. The third-order valence-electron chi connectivity index (χ3n) is 2.43. The number of nitrogen functional groups attached to an aromatic ring is 1. The van der Waals surface area contributed by atoms with Gasteiger partial charge in [-0.2, -0.15) is 0 Å². The molecule has 0 saturated heterocycles. The summed E-state index contributed by atoms with van der Waals surface area (Å²) >= 11 is 0. The molecule has 0 spiro atoms. The van der Waals surface area contributed by atoms with Gasteiger partial charge in [-0.25, -0.2) is 19.9 Å². The summed E-state index contributed by atoms with van der Waals surface area (Å²) in [6.45, 7) is 0. The molecule has 7 heteroatoms. The van der Waals surface area contributed by atoms with Crippen molar-refractivity contribution >= 4 is 16.9 Å². The molecule has 0 aliphatic carbocycles. The minimum Gasteiger partial charge on any atom is -0.412 e. The summed E-state index contributed by atoms with van der Waals surface area (Å²) in [4.78, 5) is 16.8. The van der Waals surface area contributed by atoms with Crippen molar-refractivity contribution in [2.24, 2.45) is 0 Å². The van der Waals surface area contributed by atoms with Crippen LogP contribution in [-0.2, 0) is 0 Å². The van der Waals surface area contributed by atoms with Gasteiger partial charge in [0.05, 0.1) is 6.20 Å². The van der Waals surface area contributed by atoms with Gasteiger partial charge in [-0.3, -0.25) is 0 Å². The molecule has 0 atom stereocenters. The molecule has 1 aromatic carbocycles. The molecule has 0 amide bonds. The van der Waals surface area contributed by atoms with Gasteiger partial charge < -0.3 is 16.7 Å². The zero-order valence-corrected chi connectivity index (χ0v) is 9.91. The molecule has 3 aromatic rings. The second-order valence-corrected chi connectivity index (χ2v) is 3.55. The number of aromatic nitrogens is 4.